The van der Waals surface area contributed by atoms with Gasteiger partial charge in [-0.3, -0.25) is 9.48 Å². The monoisotopic (exact) mass is 311 g/mol. The number of nitrogens with one attached hydrogen (secondary N) is 1. The van der Waals surface area contributed by atoms with Gasteiger partial charge >= 0.3 is 0 Å². The quantitative estimate of drug-likeness (QED) is 0.938. The highest BCUT2D eigenvalue weighted by Gasteiger charge is 2.13. The zero-order valence-electron chi connectivity index (χ0n) is 11.5. The van der Waals surface area contributed by atoms with E-state index in [1.807, 2.05) is 26.8 Å². The lowest BCUT2D eigenvalue weighted by Gasteiger charge is -2.09. The van der Waals surface area contributed by atoms with Crippen molar-refractivity contribution >= 4 is 34.8 Å². The normalized spacial score (nSPS) is 10.7. The van der Waals surface area contributed by atoms with Crippen molar-refractivity contribution < 1.29 is 4.79 Å². The second-order valence-electron chi connectivity index (χ2n) is 4.65. The number of hydrogen-bond donors (Lipinski definition) is 1. The summed E-state index contributed by atoms with van der Waals surface area (Å²) in [4.78, 5) is 12.1. The molecule has 0 saturated carbocycles. The Hall–Kier alpha value is -1.52. The number of nitrogens with zero attached hydrogens (tertiary/aromatic N) is 2. The van der Waals surface area contributed by atoms with Crippen LogP contribution in [0.2, 0.25) is 10.0 Å². The third kappa shape index (κ3) is 3.14. The van der Waals surface area contributed by atoms with Crippen LogP contribution < -0.4 is 5.32 Å². The first-order chi connectivity index (χ1) is 9.38. The number of amides is 1. The zero-order chi connectivity index (χ0) is 14.9. The second kappa shape index (κ2) is 5.85. The number of benzene rings is 1. The molecule has 1 amide bonds. The van der Waals surface area contributed by atoms with E-state index < -0.39 is 0 Å². The number of aryl methyl sites for hydroxylation is 2. The average molecular weight is 312 g/mol. The van der Waals surface area contributed by atoms with Crippen molar-refractivity contribution in [2.45, 2.75) is 27.3 Å². The van der Waals surface area contributed by atoms with E-state index in [9.17, 15) is 4.79 Å². The summed E-state index contributed by atoms with van der Waals surface area (Å²) in [6.45, 7) is 5.67. The molecule has 0 aliphatic heterocycles. The first-order valence-corrected chi connectivity index (χ1v) is 6.89. The standard InChI is InChI=1S/C14H15Cl2N3O/c1-8-4-5-11(15)6-12(8)17-13(20)7-19-10(3)14(16)9(2)18-19/h4-6H,7H2,1-3H3,(H,17,20). The summed E-state index contributed by atoms with van der Waals surface area (Å²) in [7, 11) is 0. The van der Waals surface area contributed by atoms with Gasteiger partial charge in [0, 0.05) is 10.7 Å². The van der Waals surface area contributed by atoms with Crippen LogP contribution in [0, 0.1) is 20.8 Å². The summed E-state index contributed by atoms with van der Waals surface area (Å²) >= 11 is 12.0. The molecule has 1 aromatic heterocycles. The first-order valence-electron chi connectivity index (χ1n) is 6.14. The number of hydrogen-bond acceptors (Lipinski definition) is 2. The van der Waals surface area contributed by atoms with E-state index in [-0.39, 0.29) is 12.5 Å². The predicted molar refractivity (Wildman–Crippen MR) is 81.5 cm³/mol. The molecule has 1 aromatic carbocycles. The van der Waals surface area contributed by atoms with Crippen LogP contribution in [-0.4, -0.2) is 15.7 Å². The molecule has 1 heterocycles. The lowest BCUT2D eigenvalue weighted by atomic mass is 10.2. The summed E-state index contributed by atoms with van der Waals surface area (Å²) in [5, 5.41) is 8.23. The van der Waals surface area contributed by atoms with Crippen molar-refractivity contribution in [3.63, 3.8) is 0 Å². The molecule has 0 saturated heterocycles. The van der Waals surface area contributed by atoms with Gasteiger partial charge < -0.3 is 5.32 Å². The maximum Gasteiger partial charge on any atom is 0.246 e. The molecule has 0 spiro atoms. The minimum atomic E-state index is -0.169. The highest BCUT2D eigenvalue weighted by atomic mass is 35.5. The van der Waals surface area contributed by atoms with E-state index in [2.05, 4.69) is 10.4 Å². The molecule has 0 bridgehead atoms. The number of carbonyl (C=O) groups is 1. The molecule has 20 heavy (non-hydrogen) atoms. The Morgan fingerprint density at radius 1 is 1.30 bits per heavy atom. The molecule has 1 N–H and O–H groups in total. The van der Waals surface area contributed by atoms with Crippen molar-refractivity contribution in [2.24, 2.45) is 0 Å². The van der Waals surface area contributed by atoms with Crippen LogP contribution in [0.3, 0.4) is 0 Å². The van der Waals surface area contributed by atoms with E-state index in [0.717, 1.165) is 17.0 Å². The van der Waals surface area contributed by atoms with Gasteiger partial charge in [-0.05, 0) is 38.5 Å². The Morgan fingerprint density at radius 2 is 2.00 bits per heavy atom. The number of rotatable bonds is 3. The predicted octanol–water partition coefficient (Wildman–Crippen LogP) is 3.75. The number of anilines is 1. The Labute approximate surface area is 127 Å². The Morgan fingerprint density at radius 3 is 2.60 bits per heavy atom. The van der Waals surface area contributed by atoms with E-state index in [4.69, 9.17) is 23.2 Å². The van der Waals surface area contributed by atoms with Gasteiger partial charge in [0.1, 0.15) is 6.54 Å². The van der Waals surface area contributed by atoms with Gasteiger partial charge in [-0.2, -0.15) is 5.10 Å². The summed E-state index contributed by atoms with van der Waals surface area (Å²) in [5.74, 6) is -0.169. The minimum Gasteiger partial charge on any atom is -0.324 e. The van der Waals surface area contributed by atoms with Crippen LogP contribution in [0.5, 0.6) is 0 Å². The molecule has 0 fully saturated rings. The lowest BCUT2D eigenvalue weighted by Crippen LogP contribution is -2.20. The van der Waals surface area contributed by atoms with Crippen LogP contribution in [0.1, 0.15) is 17.0 Å². The average Bonchev–Trinajstić information content (AvgIpc) is 2.61. The molecule has 0 unspecified atom stereocenters. The fourth-order valence-electron chi connectivity index (χ4n) is 1.88. The molecular weight excluding hydrogens is 297 g/mol. The summed E-state index contributed by atoms with van der Waals surface area (Å²) in [5.41, 5.74) is 3.15. The molecule has 2 rings (SSSR count). The van der Waals surface area contributed by atoms with Crippen molar-refractivity contribution in [3.05, 3.63) is 45.2 Å². The Balaban J connectivity index is 2.13. The third-order valence-electron chi connectivity index (χ3n) is 3.06. The van der Waals surface area contributed by atoms with Crippen molar-refractivity contribution in [2.75, 3.05) is 5.32 Å². The lowest BCUT2D eigenvalue weighted by molar-refractivity contribution is -0.116. The smallest absolute Gasteiger partial charge is 0.246 e. The summed E-state index contributed by atoms with van der Waals surface area (Å²) < 4.78 is 1.59. The van der Waals surface area contributed by atoms with Gasteiger partial charge in [-0.1, -0.05) is 29.3 Å². The van der Waals surface area contributed by atoms with Gasteiger partial charge in [0.25, 0.3) is 0 Å². The van der Waals surface area contributed by atoms with E-state index in [1.54, 1.807) is 16.8 Å². The maximum absolute atomic E-state index is 12.1. The minimum absolute atomic E-state index is 0.116. The highest BCUT2D eigenvalue weighted by Crippen LogP contribution is 2.21. The molecule has 0 aliphatic carbocycles. The van der Waals surface area contributed by atoms with Crippen LogP contribution in [0.4, 0.5) is 5.69 Å². The van der Waals surface area contributed by atoms with Gasteiger partial charge in [-0.25, -0.2) is 0 Å². The molecule has 0 aliphatic rings. The van der Waals surface area contributed by atoms with E-state index >= 15 is 0 Å². The van der Waals surface area contributed by atoms with Gasteiger partial charge in [0.05, 0.1) is 16.4 Å². The molecule has 0 atom stereocenters. The fourth-order valence-corrected chi connectivity index (χ4v) is 2.19. The number of carbonyl (C=O) groups excluding carboxylic acids is 1. The number of aromatic nitrogens is 2. The van der Waals surface area contributed by atoms with E-state index in [0.29, 0.717) is 15.7 Å². The maximum atomic E-state index is 12.1. The molecule has 6 heteroatoms. The highest BCUT2D eigenvalue weighted by molar-refractivity contribution is 6.32. The molecule has 106 valence electrons. The molecule has 2 aromatic rings. The van der Waals surface area contributed by atoms with Gasteiger partial charge in [-0.15, -0.1) is 0 Å². The largest absolute Gasteiger partial charge is 0.324 e. The topological polar surface area (TPSA) is 46.9 Å². The molecule has 4 nitrogen and oxygen atoms in total. The van der Waals surface area contributed by atoms with Crippen molar-refractivity contribution in [1.82, 2.24) is 9.78 Å². The zero-order valence-corrected chi connectivity index (χ0v) is 13.0. The summed E-state index contributed by atoms with van der Waals surface area (Å²) in [6.07, 6.45) is 0. The fraction of sp³-hybridized carbons (Fsp3) is 0.286. The SMILES string of the molecule is Cc1ccc(Cl)cc1NC(=O)Cn1nc(C)c(Cl)c1C. The van der Waals surface area contributed by atoms with Crippen molar-refractivity contribution in [1.29, 1.82) is 0 Å². The Kier molecular flexibility index (Phi) is 4.35. The first kappa shape index (κ1) is 14.9. The molecule has 0 radical (unpaired) electrons. The van der Waals surface area contributed by atoms with E-state index in [1.165, 1.54) is 0 Å². The van der Waals surface area contributed by atoms with Crippen LogP contribution in [-0.2, 0) is 11.3 Å². The van der Waals surface area contributed by atoms with Crippen LogP contribution in [0.15, 0.2) is 18.2 Å². The van der Waals surface area contributed by atoms with Gasteiger partial charge in [0.2, 0.25) is 5.91 Å². The van der Waals surface area contributed by atoms with Crippen LogP contribution in [0.25, 0.3) is 0 Å². The van der Waals surface area contributed by atoms with Crippen molar-refractivity contribution in [3.8, 4) is 0 Å². The second-order valence-corrected chi connectivity index (χ2v) is 5.46. The Bertz CT molecular complexity index is 665. The third-order valence-corrected chi connectivity index (χ3v) is 3.84. The summed E-state index contributed by atoms with van der Waals surface area (Å²) in [6, 6.07) is 5.37. The molecular formula is C14H15Cl2N3O. The van der Waals surface area contributed by atoms with Crippen LogP contribution >= 0.6 is 23.2 Å². The van der Waals surface area contributed by atoms with Gasteiger partial charge in [0.15, 0.2) is 0 Å². The number of halogens is 2.